The highest BCUT2D eigenvalue weighted by molar-refractivity contribution is 5.34. The largest absolute Gasteiger partial charge is 0.339 e. The average Bonchev–Trinajstić information content (AvgIpc) is 3.03. The summed E-state index contributed by atoms with van der Waals surface area (Å²) in [5, 5.41) is 4.23. The van der Waals surface area contributed by atoms with Gasteiger partial charge in [-0.2, -0.15) is 4.98 Å². The fourth-order valence-corrected chi connectivity index (χ4v) is 3.41. The molecular formula is C17H23N3O. The standard InChI is InChI=1S/C17H23N3O/c1-10(2)15(11(3)18)17-19-16(20-21-17)14-8-12-6-4-5-7-13(12)9-14/h4-7,10-11,14-15H,8-9,18H2,1-3H3. The van der Waals surface area contributed by atoms with E-state index in [9.17, 15) is 0 Å². The van der Waals surface area contributed by atoms with Crippen molar-refractivity contribution in [1.82, 2.24) is 10.1 Å². The van der Waals surface area contributed by atoms with E-state index in [0.29, 0.717) is 17.7 Å². The molecule has 2 N–H and O–H groups in total. The zero-order valence-corrected chi connectivity index (χ0v) is 12.9. The second kappa shape index (κ2) is 5.60. The predicted octanol–water partition coefficient (Wildman–Crippen LogP) is 3.04. The van der Waals surface area contributed by atoms with Crippen LogP contribution >= 0.6 is 0 Å². The van der Waals surface area contributed by atoms with Crippen LogP contribution in [0.4, 0.5) is 0 Å². The number of hydrogen-bond acceptors (Lipinski definition) is 4. The Labute approximate surface area is 125 Å². The van der Waals surface area contributed by atoms with E-state index in [-0.39, 0.29) is 12.0 Å². The van der Waals surface area contributed by atoms with Crippen molar-refractivity contribution in [2.24, 2.45) is 11.7 Å². The number of rotatable bonds is 4. The molecule has 1 aliphatic carbocycles. The minimum absolute atomic E-state index is 0.0130. The third-order valence-corrected chi connectivity index (χ3v) is 4.44. The summed E-state index contributed by atoms with van der Waals surface area (Å²) in [6, 6.07) is 8.57. The van der Waals surface area contributed by atoms with Gasteiger partial charge in [0.05, 0.1) is 5.92 Å². The van der Waals surface area contributed by atoms with Gasteiger partial charge in [0.1, 0.15) is 0 Å². The summed E-state index contributed by atoms with van der Waals surface area (Å²) in [6.45, 7) is 6.28. The molecule has 1 heterocycles. The first kappa shape index (κ1) is 14.3. The van der Waals surface area contributed by atoms with Gasteiger partial charge in [0.15, 0.2) is 5.82 Å². The highest BCUT2D eigenvalue weighted by Crippen LogP contribution is 2.34. The molecule has 0 saturated heterocycles. The van der Waals surface area contributed by atoms with Crippen molar-refractivity contribution >= 4 is 0 Å². The van der Waals surface area contributed by atoms with E-state index in [1.165, 1.54) is 11.1 Å². The van der Waals surface area contributed by atoms with Crippen LogP contribution in [0.3, 0.4) is 0 Å². The van der Waals surface area contributed by atoms with Gasteiger partial charge < -0.3 is 10.3 Å². The van der Waals surface area contributed by atoms with Crippen LogP contribution in [0.5, 0.6) is 0 Å². The monoisotopic (exact) mass is 285 g/mol. The topological polar surface area (TPSA) is 64.9 Å². The van der Waals surface area contributed by atoms with Crippen molar-refractivity contribution in [1.29, 1.82) is 0 Å². The maximum atomic E-state index is 6.07. The second-order valence-corrected chi connectivity index (χ2v) is 6.49. The molecule has 3 rings (SSSR count). The van der Waals surface area contributed by atoms with Crippen LogP contribution in [-0.4, -0.2) is 16.2 Å². The lowest BCUT2D eigenvalue weighted by Crippen LogP contribution is -2.28. The molecular weight excluding hydrogens is 262 g/mol. The molecule has 2 atom stereocenters. The smallest absolute Gasteiger partial charge is 0.231 e. The Morgan fingerprint density at radius 3 is 2.29 bits per heavy atom. The Hall–Kier alpha value is -1.68. The molecule has 0 radical (unpaired) electrons. The Morgan fingerprint density at radius 1 is 1.14 bits per heavy atom. The first-order valence-electron chi connectivity index (χ1n) is 7.72. The first-order chi connectivity index (χ1) is 10.1. The van der Waals surface area contributed by atoms with Gasteiger partial charge in [0.25, 0.3) is 0 Å². The average molecular weight is 285 g/mol. The normalized spacial score (nSPS) is 18.0. The lowest BCUT2D eigenvalue weighted by molar-refractivity contribution is 0.297. The molecule has 0 amide bonds. The van der Waals surface area contributed by atoms with E-state index in [0.717, 1.165) is 18.7 Å². The van der Waals surface area contributed by atoms with E-state index in [4.69, 9.17) is 10.3 Å². The number of aromatic nitrogens is 2. The van der Waals surface area contributed by atoms with E-state index >= 15 is 0 Å². The fraction of sp³-hybridized carbons (Fsp3) is 0.529. The third-order valence-electron chi connectivity index (χ3n) is 4.44. The van der Waals surface area contributed by atoms with E-state index in [2.05, 4.69) is 48.3 Å². The van der Waals surface area contributed by atoms with E-state index in [1.54, 1.807) is 0 Å². The molecule has 2 aromatic rings. The molecule has 4 nitrogen and oxygen atoms in total. The summed E-state index contributed by atoms with van der Waals surface area (Å²) in [6.07, 6.45) is 2.00. The number of nitrogens with two attached hydrogens (primary N) is 1. The molecule has 4 heteroatoms. The van der Waals surface area contributed by atoms with Gasteiger partial charge in [-0.3, -0.25) is 0 Å². The molecule has 0 fully saturated rings. The summed E-state index contributed by atoms with van der Waals surface area (Å²) in [5.74, 6) is 2.35. The summed E-state index contributed by atoms with van der Waals surface area (Å²) >= 11 is 0. The SMILES string of the molecule is CC(C)C(c1nc(C2Cc3ccccc3C2)no1)C(C)N. The zero-order chi connectivity index (χ0) is 15.0. The second-order valence-electron chi connectivity index (χ2n) is 6.49. The summed E-state index contributed by atoms with van der Waals surface area (Å²) < 4.78 is 5.52. The Balaban J connectivity index is 1.80. The molecule has 2 unspecified atom stereocenters. The van der Waals surface area contributed by atoms with Crippen LogP contribution in [0.25, 0.3) is 0 Å². The molecule has 1 aromatic heterocycles. The highest BCUT2D eigenvalue weighted by atomic mass is 16.5. The highest BCUT2D eigenvalue weighted by Gasteiger charge is 2.30. The maximum Gasteiger partial charge on any atom is 0.231 e. The maximum absolute atomic E-state index is 6.07. The molecule has 1 aromatic carbocycles. The van der Waals surface area contributed by atoms with Crippen LogP contribution in [0.15, 0.2) is 28.8 Å². The molecule has 0 spiro atoms. The van der Waals surface area contributed by atoms with Crippen LogP contribution in [0.1, 0.15) is 55.4 Å². The summed E-state index contributed by atoms with van der Waals surface area (Å²) in [7, 11) is 0. The van der Waals surface area contributed by atoms with Crippen molar-refractivity contribution < 1.29 is 4.52 Å². The number of benzene rings is 1. The zero-order valence-electron chi connectivity index (χ0n) is 12.9. The van der Waals surface area contributed by atoms with E-state index < -0.39 is 0 Å². The van der Waals surface area contributed by atoms with Gasteiger partial charge >= 0.3 is 0 Å². The van der Waals surface area contributed by atoms with Crippen LogP contribution in [-0.2, 0) is 12.8 Å². The molecule has 21 heavy (non-hydrogen) atoms. The van der Waals surface area contributed by atoms with Gasteiger partial charge in [-0.25, -0.2) is 0 Å². The lowest BCUT2D eigenvalue weighted by atomic mass is 9.90. The van der Waals surface area contributed by atoms with Crippen LogP contribution in [0, 0.1) is 5.92 Å². The molecule has 1 aliphatic rings. The predicted molar refractivity (Wildman–Crippen MR) is 82.1 cm³/mol. The minimum atomic E-state index is 0.0130. The van der Waals surface area contributed by atoms with Gasteiger partial charge in [-0.05, 0) is 36.8 Å². The summed E-state index contributed by atoms with van der Waals surface area (Å²) in [5.41, 5.74) is 8.88. The van der Waals surface area contributed by atoms with Gasteiger partial charge in [0, 0.05) is 12.0 Å². The lowest BCUT2D eigenvalue weighted by Gasteiger charge is -2.20. The molecule has 112 valence electrons. The number of hydrogen-bond donors (Lipinski definition) is 1. The van der Waals surface area contributed by atoms with Gasteiger partial charge in [-0.15, -0.1) is 0 Å². The quantitative estimate of drug-likeness (QED) is 0.937. The Bertz CT molecular complexity index is 585. The van der Waals surface area contributed by atoms with Crippen LogP contribution < -0.4 is 5.73 Å². The Kier molecular flexibility index (Phi) is 3.81. The third kappa shape index (κ3) is 2.72. The van der Waals surface area contributed by atoms with Gasteiger partial charge in [-0.1, -0.05) is 43.3 Å². The van der Waals surface area contributed by atoms with Crippen molar-refractivity contribution in [3.8, 4) is 0 Å². The Morgan fingerprint density at radius 2 is 1.76 bits per heavy atom. The van der Waals surface area contributed by atoms with Crippen molar-refractivity contribution in [3.63, 3.8) is 0 Å². The van der Waals surface area contributed by atoms with Crippen molar-refractivity contribution in [2.45, 2.75) is 51.5 Å². The van der Waals surface area contributed by atoms with Crippen molar-refractivity contribution in [3.05, 3.63) is 47.1 Å². The number of fused-ring (bicyclic) bond motifs is 1. The van der Waals surface area contributed by atoms with Crippen LogP contribution in [0.2, 0.25) is 0 Å². The van der Waals surface area contributed by atoms with Gasteiger partial charge in [0.2, 0.25) is 5.89 Å². The molecule has 0 saturated carbocycles. The first-order valence-corrected chi connectivity index (χ1v) is 7.72. The fourth-order valence-electron chi connectivity index (χ4n) is 3.41. The van der Waals surface area contributed by atoms with E-state index in [1.807, 2.05) is 6.92 Å². The molecule has 0 bridgehead atoms. The summed E-state index contributed by atoms with van der Waals surface area (Å²) in [4.78, 5) is 4.66. The molecule has 0 aliphatic heterocycles. The number of nitrogens with zero attached hydrogens (tertiary/aromatic N) is 2. The van der Waals surface area contributed by atoms with Crippen molar-refractivity contribution in [2.75, 3.05) is 0 Å². The minimum Gasteiger partial charge on any atom is -0.339 e.